The summed E-state index contributed by atoms with van der Waals surface area (Å²) in [6, 6.07) is 12.0. The predicted molar refractivity (Wildman–Crippen MR) is 142 cm³/mol. The fraction of sp³-hybridized carbons (Fsp3) is 0.241. The summed E-state index contributed by atoms with van der Waals surface area (Å²) < 4.78 is 29.9. The van der Waals surface area contributed by atoms with Crippen molar-refractivity contribution < 1.29 is 33.0 Å². The van der Waals surface area contributed by atoms with Crippen molar-refractivity contribution in [2.75, 3.05) is 20.3 Å². The second-order valence-corrected chi connectivity index (χ2v) is 9.97. The Bertz CT molecular complexity index is 1590. The number of nitrogens with one attached hydrogen (secondary N) is 1. The van der Waals surface area contributed by atoms with Gasteiger partial charge in [-0.25, -0.2) is 14.4 Å². The smallest absolute Gasteiger partial charge is 0.251 e. The maximum Gasteiger partial charge on any atom is 0.251 e. The molecule has 0 saturated heterocycles. The molecular formula is C29H27FN4O6. The Morgan fingerprint density at radius 1 is 1.23 bits per heavy atom. The Morgan fingerprint density at radius 2 is 1.98 bits per heavy atom. The molecule has 10 nitrogen and oxygen atoms in total. The third kappa shape index (κ3) is 4.75. The molecule has 4 N–H and O–H groups in total. The number of oxazole rings is 1. The molecule has 5 rings (SSSR count). The van der Waals surface area contributed by atoms with Crippen LogP contribution >= 0.6 is 0 Å². The van der Waals surface area contributed by atoms with Gasteiger partial charge in [-0.2, -0.15) is 0 Å². The molecule has 0 fully saturated rings. The maximum atomic E-state index is 13.6. The summed E-state index contributed by atoms with van der Waals surface area (Å²) in [6.07, 6.45) is 2.76. The Labute approximate surface area is 229 Å². The van der Waals surface area contributed by atoms with Gasteiger partial charge in [0.25, 0.3) is 5.91 Å². The number of carbonyl (C=O) groups is 2. The normalized spacial score (nSPS) is 17.4. The molecule has 1 aliphatic rings. The standard InChI is InChI=1S/C29H27FN4O6/c1-28(27(31)36)14-40-25-20(28)11-23(34-24(25)16-4-7-18(30)8-5-16)29(2,37)13-32-26(35)17-6-9-19(22(10-17)38-3)21-12-39-15-33-21/h4-12,15,37H,13-14H2,1-3H3,(H2,31,36)(H,32,35)/t28-,29-/m0/s1. The average molecular weight is 547 g/mol. The van der Waals surface area contributed by atoms with Crippen LogP contribution in [-0.4, -0.2) is 47.2 Å². The van der Waals surface area contributed by atoms with Gasteiger partial charge in [-0.1, -0.05) is 0 Å². The molecule has 0 unspecified atom stereocenters. The lowest BCUT2D eigenvalue weighted by molar-refractivity contribution is -0.123. The Hall–Kier alpha value is -4.77. The molecule has 0 saturated carbocycles. The lowest BCUT2D eigenvalue weighted by Crippen LogP contribution is -2.41. The Morgan fingerprint density at radius 3 is 2.62 bits per heavy atom. The topological polar surface area (TPSA) is 150 Å². The number of ether oxygens (including phenoxy) is 2. The van der Waals surface area contributed by atoms with Crippen molar-refractivity contribution in [3.63, 3.8) is 0 Å². The first kappa shape index (κ1) is 26.8. The molecule has 206 valence electrons. The molecule has 3 heterocycles. The molecule has 1 aliphatic heterocycles. The van der Waals surface area contributed by atoms with E-state index in [2.05, 4.69) is 15.3 Å². The van der Waals surface area contributed by atoms with Crippen LogP contribution in [0.2, 0.25) is 0 Å². The molecule has 0 radical (unpaired) electrons. The molecule has 0 bridgehead atoms. The largest absolute Gasteiger partial charge is 0.496 e. The molecule has 2 aromatic carbocycles. The summed E-state index contributed by atoms with van der Waals surface area (Å²) >= 11 is 0. The number of benzene rings is 2. The van der Waals surface area contributed by atoms with Gasteiger partial charge in [-0.3, -0.25) is 9.59 Å². The van der Waals surface area contributed by atoms with Crippen molar-refractivity contribution in [3.8, 4) is 34.0 Å². The number of hydrogen-bond acceptors (Lipinski definition) is 8. The highest BCUT2D eigenvalue weighted by Crippen LogP contribution is 2.45. The third-order valence-corrected chi connectivity index (χ3v) is 7.05. The lowest BCUT2D eigenvalue weighted by atomic mass is 9.82. The SMILES string of the molecule is COc1cc(C(=O)NC[C@](C)(O)c2cc3c(c(-c4ccc(F)cc4)n2)OC[C@]3(C)C(N)=O)ccc1-c1cocn1. The van der Waals surface area contributed by atoms with E-state index >= 15 is 0 Å². The zero-order chi connectivity index (χ0) is 28.7. The van der Waals surface area contributed by atoms with Crippen molar-refractivity contribution in [2.24, 2.45) is 5.73 Å². The highest BCUT2D eigenvalue weighted by atomic mass is 19.1. The van der Waals surface area contributed by atoms with Gasteiger partial charge >= 0.3 is 0 Å². The molecular weight excluding hydrogens is 519 g/mol. The van der Waals surface area contributed by atoms with Crippen LogP contribution < -0.4 is 20.5 Å². The third-order valence-electron chi connectivity index (χ3n) is 7.05. The summed E-state index contributed by atoms with van der Waals surface area (Å²) in [5.41, 5.74) is 5.81. The van der Waals surface area contributed by atoms with Crippen LogP contribution in [0.3, 0.4) is 0 Å². The zero-order valence-corrected chi connectivity index (χ0v) is 22.0. The molecule has 2 aromatic heterocycles. The Balaban J connectivity index is 1.45. The number of primary amides is 1. The van der Waals surface area contributed by atoms with Crippen molar-refractivity contribution in [3.05, 3.63) is 83.8 Å². The van der Waals surface area contributed by atoms with E-state index in [1.54, 1.807) is 31.2 Å². The number of aliphatic hydroxyl groups is 1. The van der Waals surface area contributed by atoms with Gasteiger partial charge in [0.15, 0.2) is 6.39 Å². The molecule has 0 spiro atoms. The van der Waals surface area contributed by atoms with E-state index in [1.807, 2.05) is 0 Å². The van der Waals surface area contributed by atoms with Crippen molar-refractivity contribution in [2.45, 2.75) is 24.9 Å². The number of carbonyl (C=O) groups excluding carboxylic acids is 2. The number of halogens is 1. The summed E-state index contributed by atoms with van der Waals surface area (Å²) in [7, 11) is 1.48. The average Bonchev–Trinajstić information content (AvgIpc) is 3.60. The number of nitrogens with zero attached hydrogens (tertiary/aromatic N) is 2. The van der Waals surface area contributed by atoms with E-state index in [4.69, 9.17) is 19.6 Å². The Kier molecular flexibility index (Phi) is 6.76. The van der Waals surface area contributed by atoms with Crippen LogP contribution in [0.4, 0.5) is 4.39 Å². The summed E-state index contributed by atoms with van der Waals surface area (Å²) in [6.45, 7) is 2.90. The number of nitrogens with two attached hydrogens (primary N) is 1. The van der Waals surface area contributed by atoms with E-state index in [0.717, 1.165) is 0 Å². The first-order valence-electron chi connectivity index (χ1n) is 12.4. The number of fused-ring (bicyclic) bond motifs is 1. The monoisotopic (exact) mass is 546 g/mol. The number of rotatable bonds is 8. The minimum atomic E-state index is -1.68. The van der Waals surface area contributed by atoms with Gasteiger partial charge in [0.2, 0.25) is 5.91 Å². The van der Waals surface area contributed by atoms with E-state index < -0.39 is 28.6 Å². The van der Waals surface area contributed by atoms with E-state index in [-0.39, 0.29) is 18.8 Å². The fourth-order valence-electron chi connectivity index (χ4n) is 4.50. The molecule has 11 heteroatoms. The number of pyridine rings is 1. The van der Waals surface area contributed by atoms with Gasteiger partial charge < -0.3 is 30.0 Å². The van der Waals surface area contributed by atoms with E-state index in [9.17, 15) is 19.1 Å². The molecule has 0 aliphatic carbocycles. The maximum absolute atomic E-state index is 13.6. The van der Waals surface area contributed by atoms with E-state index in [0.29, 0.717) is 45.1 Å². The van der Waals surface area contributed by atoms with Gasteiger partial charge in [-0.15, -0.1) is 0 Å². The van der Waals surface area contributed by atoms with Crippen LogP contribution in [-0.2, 0) is 15.8 Å². The second kappa shape index (κ2) is 10.1. The zero-order valence-electron chi connectivity index (χ0n) is 22.0. The van der Waals surface area contributed by atoms with Crippen LogP contribution in [0.15, 0.2) is 65.6 Å². The predicted octanol–water partition coefficient (Wildman–Crippen LogP) is 3.32. The minimum Gasteiger partial charge on any atom is -0.496 e. The number of aromatic nitrogens is 2. The van der Waals surface area contributed by atoms with Gasteiger partial charge in [-0.05, 0) is 62.4 Å². The highest BCUT2D eigenvalue weighted by Gasteiger charge is 2.45. The molecule has 2 amide bonds. The van der Waals surface area contributed by atoms with E-state index in [1.165, 1.54) is 51.0 Å². The minimum absolute atomic E-state index is 0.0119. The number of amides is 2. The quantitative estimate of drug-likeness (QED) is 0.305. The van der Waals surface area contributed by atoms with Crippen LogP contribution in [0, 0.1) is 5.82 Å². The molecule has 40 heavy (non-hydrogen) atoms. The summed E-state index contributed by atoms with van der Waals surface area (Å²) in [4.78, 5) is 34.2. The summed E-state index contributed by atoms with van der Waals surface area (Å²) in [5, 5.41) is 14.2. The van der Waals surface area contributed by atoms with Crippen molar-refractivity contribution in [1.29, 1.82) is 0 Å². The number of hydrogen-bond donors (Lipinski definition) is 3. The van der Waals surface area contributed by atoms with Crippen LogP contribution in [0.1, 0.15) is 35.5 Å². The lowest BCUT2D eigenvalue weighted by Gasteiger charge is -2.26. The van der Waals surface area contributed by atoms with Gasteiger partial charge in [0.1, 0.15) is 52.6 Å². The first-order chi connectivity index (χ1) is 19.0. The number of methoxy groups -OCH3 is 1. The first-order valence-corrected chi connectivity index (χ1v) is 12.4. The van der Waals surface area contributed by atoms with Crippen molar-refractivity contribution >= 4 is 11.8 Å². The van der Waals surface area contributed by atoms with Gasteiger partial charge in [0, 0.05) is 22.3 Å². The van der Waals surface area contributed by atoms with Gasteiger partial charge in [0.05, 0.1) is 19.3 Å². The second-order valence-electron chi connectivity index (χ2n) is 9.97. The summed E-state index contributed by atoms with van der Waals surface area (Å²) in [5.74, 6) is -0.751. The highest BCUT2D eigenvalue weighted by molar-refractivity contribution is 5.95. The fourth-order valence-corrected chi connectivity index (χ4v) is 4.50. The van der Waals surface area contributed by atoms with Crippen molar-refractivity contribution in [1.82, 2.24) is 15.3 Å². The van der Waals surface area contributed by atoms with Crippen LogP contribution in [0.5, 0.6) is 11.5 Å². The molecule has 4 aromatic rings. The molecule has 2 atom stereocenters. The van der Waals surface area contributed by atoms with Crippen LogP contribution in [0.25, 0.3) is 22.5 Å².